The molecule has 0 fully saturated rings. The summed E-state index contributed by atoms with van der Waals surface area (Å²) in [7, 11) is 0. The highest BCUT2D eigenvalue weighted by atomic mass is 19.1. The zero-order chi connectivity index (χ0) is 13.7. The molecule has 19 heavy (non-hydrogen) atoms. The second kappa shape index (κ2) is 6.14. The smallest absolute Gasteiger partial charge is 0.131 e. The van der Waals surface area contributed by atoms with E-state index in [-0.39, 0.29) is 11.9 Å². The van der Waals surface area contributed by atoms with Crippen molar-refractivity contribution in [1.82, 2.24) is 0 Å². The van der Waals surface area contributed by atoms with Crippen molar-refractivity contribution in [3.8, 4) is 11.1 Å². The Labute approximate surface area is 112 Å². The van der Waals surface area contributed by atoms with Crippen LogP contribution in [0.2, 0.25) is 0 Å². The fourth-order valence-electron chi connectivity index (χ4n) is 1.74. The maximum Gasteiger partial charge on any atom is 0.131 e. The Balaban J connectivity index is 2.37. The number of oxime groups is 1. The van der Waals surface area contributed by atoms with E-state index in [0.29, 0.717) is 5.56 Å². The van der Waals surface area contributed by atoms with E-state index in [0.717, 1.165) is 11.1 Å². The number of hydrogen-bond acceptors (Lipinski definition) is 2. The Morgan fingerprint density at radius 1 is 1.00 bits per heavy atom. The average molecular weight is 257 g/mol. The van der Waals surface area contributed by atoms with Gasteiger partial charge in [-0.25, -0.2) is 4.39 Å². The summed E-state index contributed by atoms with van der Waals surface area (Å²) in [5, 5.41) is 3.91. The van der Waals surface area contributed by atoms with Crippen LogP contribution in [0.25, 0.3) is 11.1 Å². The molecule has 0 N–H and O–H groups in total. The summed E-state index contributed by atoms with van der Waals surface area (Å²) in [5.41, 5.74) is 2.19. The van der Waals surface area contributed by atoms with Crippen LogP contribution in [0.1, 0.15) is 19.4 Å². The van der Waals surface area contributed by atoms with Gasteiger partial charge in [0.05, 0.1) is 6.21 Å². The van der Waals surface area contributed by atoms with Gasteiger partial charge in [-0.05, 0) is 25.5 Å². The molecular weight excluding hydrogens is 241 g/mol. The normalized spacial score (nSPS) is 11.2. The largest absolute Gasteiger partial charge is 0.393 e. The molecule has 0 bridgehead atoms. The van der Waals surface area contributed by atoms with Crippen molar-refractivity contribution in [2.24, 2.45) is 5.16 Å². The molecule has 0 saturated heterocycles. The lowest BCUT2D eigenvalue weighted by atomic mass is 10.00. The van der Waals surface area contributed by atoms with Gasteiger partial charge in [0.15, 0.2) is 0 Å². The SMILES string of the molecule is CC(C)ON=Cc1ccccc1-c1ccccc1F. The molecular formula is C16H16FNO. The summed E-state index contributed by atoms with van der Waals surface area (Å²) in [6.45, 7) is 3.81. The molecule has 0 unspecified atom stereocenters. The predicted molar refractivity (Wildman–Crippen MR) is 75.7 cm³/mol. The molecule has 0 aromatic heterocycles. The van der Waals surface area contributed by atoms with Crippen LogP contribution in [0, 0.1) is 5.82 Å². The van der Waals surface area contributed by atoms with Crippen molar-refractivity contribution < 1.29 is 9.23 Å². The lowest BCUT2D eigenvalue weighted by Crippen LogP contribution is -1.97. The second-order valence-electron chi connectivity index (χ2n) is 4.46. The van der Waals surface area contributed by atoms with Crippen molar-refractivity contribution in [1.29, 1.82) is 0 Å². The second-order valence-corrected chi connectivity index (χ2v) is 4.46. The number of rotatable bonds is 4. The van der Waals surface area contributed by atoms with Gasteiger partial charge in [-0.1, -0.05) is 47.6 Å². The first-order chi connectivity index (χ1) is 9.18. The number of halogens is 1. The van der Waals surface area contributed by atoms with E-state index in [4.69, 9.17) is 4.84 Å². The third kappa shape index (κ3) is 3.41. The van der Waals surface area contributed by atoms with E-state index < -0.39 is 0 Å². The Kier molecular flexibility index (Phi) is 4.29. The molecule has 3 heteroatoms. The zero-order valence-electron chi connectivity index (χ0n) is 11.0. The molecule has 0 heterocycles. The van der Waals surface area contributed by atoms with Gasteiger partial charge >= 0.3 is 0 Å². The minimum absolute atomic E-state index is 0.0249. The first-order valence-corrected chi connectivity index (χ1v) is 6.21. The van der Waals surface area contributed by atoms with Gasteiger partial charge in [0.1, 0.15) is 11.9 Å². The molecule has 0 atom stereocenters. The molecule has 0 amide bonds. The number of hydrogen-bond donors (Lipinski definition) is 0. The van der Waals surface area contributed by atoms with Crippen LogP contribution >= 0.6 is 0 Å². The molecule has 2 nitrogen and oxygen atoms in total. The van der Waals surface area contributed by atoms with Crippen LogP contribution in [0.3, 0.4) is 0 Å². The topological polar surface area (TPSA) is 21.6 Å². The molecule has 2 rings (SSSR count). The van der Waals surface area contributed by atoms with Crippen molar-refractivity contribution in [2.75, 3.05) is 0 Å². The Morgan fingerprint density at radius 2 is 1.63 bits per heavy atom. The molecule has 2 aromatic carbocycles. The van der Waals surface area contributed by atoms with Gasteiger partial charge in [-0.2, -0.15) is 0 Å². The van der Waals surface area contributed by atoms with Gasteiger partial charge in [-0.3, -0.25) is 0 Å². The quantitative estimate of drug-likeness (QED) is 0.592. The Bertz CT molecular complexity index is 578. The summed E-state index contributed by atoms with van der Waals surface area (Å²) in [4.78, 5) is 5.14. The third-order valence-electron chi connectivity index (χ3n) is 2.59. The predicted octanol–water partition coefficient (Wildman–Crippen LogP) is 4.25. The maximum absolute atomic E-state index is 13.8. The monoisotopic (exact) mass is 257 g/mol. The number of benzene rings is 2. The lowest BCUT2D eigenvalue weighted by molar-refractivity contribution is 0.0874. The summed E-state index contributed by atoms with van der Waals surface area (Å²) >= 11 is 0. The van der Waals surface area contributed by atoms with E-state index in [1.54, 1.807) is 18.3 Å². The minimum atomic E-state index is -0.242. The minimum Gasteiger partial charge on any atom is -0.393 e. The summed E-state index contributed by atoms with van der Waals surface area (Å²) in [6.07, 6.45) is 1.64. The van der Waals surface area contributed by atoms with Gasteiger partial charge in [-0.15, -0.1) is 0 Å². The van der Waals surface area contributed by atoms with Crippen molar-refractivity contribution >= 4 is 6.21 Å². The standard InChI is InChI=1S/C16H16FNO/c1-12(2)19-18-11-13-7-3-4-8-14(13)15-9-5-6-10-16(15)17/h3-12H,1-2H3. The lowest BCUT2D eigenvalue weighted by Gasteiger charge is -2.07. The molecule has 0 aliphatic rings. The van der Waals surface area contributed by atoms with Crippen LogP contribution in [0.5, 0.6) is 0 Å². The zero-order valence-corrected chi connectivity index (χ0v) is 11.0. The fourth-order valence-corrected chi connectivity index (χ4v) is 1.74. The molecule has 0 spiro atoms. The summed E-state index contributed by atoms with van der Waals surface area (Å²) < 4.78 is 13.8. The molecule has 0 saturated carbocycles. The third-order valence-corrected chi connectivity index (χ3v) is 2.59. The fraction of sp³-hybridized carbons (Fsp3) is 0.188. The van der Waals surface area contributed by atoms with E-state index in [1.165, 1.54) is 6.07 Å². The summed E-state index contributed by atoms with van der Waals surface area (Å²) in [5.74, 6) is -0.242. The van der Waals surface area contributed by atoms with Crippen LogP contribution in [0.15, 0.2) is 53.7 Å². The van der Waals surface area contributed by atoms with Crippen molar-refractivity contribution in [2.45, 2.75) is 20.0 Å². The molecule has 98 valence electrons. The highest BCUT2D eigenvalue weighted by Gasteiger charge is 2.07. The van der Waals surface area contributed by atoms with Crippen LogP contribution in [-0.4, -0.2) is 12.3 Å². The maximum atomic E-state index is 13.8. The first-order valence-electron chi connectivity index (χ1n) is 6.21. The van der Waals surface area contributed by atoms with Crippen LogP contribution < -0.4 is 0 Å². The van der Waals surface area contributed by atoms with Gasteiger partial charge in [0, 0.05) is 11.1 Å². The highest BCUT2D eigenvalue weighted by molar-refractivity contribution is 5.90. The van der Waals surface area contributed by atoms with Crippen LogP contribution in [0.4, 0.5) is 4.39 Å². The summed E-state index contributed by atoms with van der Waals surface area (Å²) in [6, 6.07) is 14.2. The van der Waals surface area contributed by atoms with E-state index in [9.17, 15) is 4.39 Å². The molecule has 0 aliphatic carbocycles. The first kappa shape index (κ1) is 13.3. The van der Waals surface area contributed by atoms with Gasteiger partial charge in [0.2, 0.25) is 0 Å². The van der Waals surface area contributed by atoms with Gasteiger partial charge in [0.25, 0.3) is 0 Å². The van der Waals surface area contributed by atoms with Crippen molar-refractivity contribution in [3.05, 3.63) is 59.9 Å². The molecule has 0 radical (unpaired) electrons. The van der Waals surface area contributed by atoms with Gasteiger partial charge < -0.3 is 4.84 Å². The Morgan fingerprint density at radius 3 is 2.32 bits per heavy atom. The number of nitrogens with zero attached hydrogens (tertiary/aromatic N) is 1. The molecule has 2 aromatic rings. The van der Waals surface area contributed by atoms with Crippen molar-refractivity contribution in [3.63, 3.8) is 0 Å². The van der Waals surface area contributed by atoms with Crippen LogP contribution in [-0.2, 0) is 4.84 Å². The van der Waals surface area contributed by atoms with E-state index in [1.807, 2.05) is 44.2 Å². The average Bonchev–Trinajstić information content (AvgIpc) is 2.40. The van der Waals surface area contributed by atoms with E-state index in [2.05, 4.69) is 5.16 Å². The van der Waals surface area contributed by atoms with E-state index >= 15 is 0 Å². The highest BCUT2D eigenvalue weighted by Crippen LogP contribution is 2.25. The molecule has 0 aliphatic heterocycles. The Hall–Kier alpha value is -2.16.